The second-order valence-electron chi connectivity index (χ2n) is 3.80. The minimum Gasteiger partial charge on any atom is -0.344 e. The third kappa shape index (κ3) is 2.11. The van der Waals surface area contributed by atoms with Gasteiger partial charge in [-0.1, -0.05) is 0 Å². The molecule has 0 aliphatic carbocycles. The van der Waals surface area contributed by atoms with Crippen molar-refractivity contribution in [2.24, 2.45) is 0 Å². The van der Waals surface area contributed by atoms with Crippen molar-refractivity contribution in [3.05, 3.63) is 39.4 Å². The third-order valence-electron chi connectivity index (χ3n) is 2.48. The molecule has 7 heteroatoms. The fraction of sp³-hybridized carbons (Fsp3) is 0.182. The van der Waals surface area contributed by atoms with Crippen LogP contribution in [-0.4, -0.2) is 19.6 Å². The van der Waals surface area contributed by atoms with E-state index in [4.69, 9.17) is 0 Å². The highest BCUT2D eigenvalue weighted by molar-refractivity contribution is 9.10. The van der Waals surface area contributed by atoms with Crippen molar-refractivity contribution < 1.29 is 0 Å². The van der Waals surface area contributed by atoms with Crippen molar-refractivity contribution in [3.63, 3.8) is 0 Å². The number of hydrogen-bond donors (Lipinski definition) is 1. The summed E-state index contributed by atoms with van der Waals surface area (Å²) in [5, 5.41) is 10.6. The van der Waals surface area contributed by atoms with Gasteiger partial charge in [0.05, 0.1) is 10.5 Å². The molecule has 0 bridgehead atoms. The van der Waals surface area contributed by atoms with Gasteiger partial charge in [0.2, 0.25) is 5.95 Å². The molecule has 0 radical (unpaired) electrons. The Balaban J connectivity index is 1.89. The summed E-state index contributed by atoms with van der Waals surface area (Å²) in [5.74, 6) is 0.601. The van der Waals surface area contributed by atoms with Gasteiger partial charge in [-0.15, -0.1) is 16.4 Å². The Morgan fingerprint density at radius 3 is 3.11 bits per heavy atom. The van der Waals surface area contributed by atoms with Crippen molar-refractivity contribution in [3.8, 4) is 0 Å². The quantitative estimate of drug-likeness (QED) is 0.804. The van der Waals surface area contributed by atoms with E-state index in [1.807, 2.05) is 30.6 Å². The highest BCUT2D eigenvalue weighted by Gasteiger charge is 2.12. The molecule has 0 amide bonds. The number of fused-ring (bicyclic) bond motifs is 1. The molecule has 3 rings (SSSR count). The van der Waals surface area contributed by atoms with E-state index in [-0.39, 0.29) is 6.04 Å². The number of anilines is 1. The van der Waals surface area contributed by atoms with Gasteiger partial charge in [0, 0.05) is 17.8 Å². The summed E-state index contributed by atoms with van der Waals surface area (Å²) in [6.45, 7) is 2.04. The van der Waals surface area contributed by atoms with E-state index in [2.05, 4.69) is 36.3 Å². The molecular formula is C11H10BrN5S. The van der Waals surface area contributed by atoms with E-state index in [0.717, 1.165) is 15.1 Å². The van der Waals surface area contributed by atoms with Gasteiger partial charge in [0.1, 0.15) is 5.01 Å². The summed E-state index contributed by atoms with van der Waals surface area (Å²) >= 11 is 5.07. The van der Waals surface area contributed by atoms with E-state index in [1.54, 1.807) is 22.0 Å². The highest BCUT2D eigenvalue weighted by Crippen LogP contribution is 2.21. The molecule has 1 N–H and O–H groups in total. The zero-order valence-corrected chi connectivity index (χ0v) is 11.9. The summed E-state index contributed by atoms with van der Waals surface area (Å²) in [6, 6.07) is 3.96. The first-order chi connectivity index (χ1) is 8.74. The summed E-state index contributed by atoms with van der Waals surface area (Å²) in [7, 11) is 0. The molecule has 5 nitrogen and oxygen atoms in total. The average Bonchev–Trinajstić information content (AvgIpc) is 2.97. The fourth-order valence-corrected chi connectivity index (χ4v) is 2.71. The molecule has 92 valence electrons. The van der Waals surface area contributed by atoms with Gasteiger partial charge >= 0.3 is 0 Å². The second kappa shape index (κ2) is 4.66. The lowest BCUT2D eigenvalue weighted by molar-refractivity contribution is 0.842. The number of aromatic nitrogens is 4. The number of rotatable bonds is 3. The van der Waals surface area contributed by atoms with E-state index in [1.165, 1.54) is 0 Å². The summed E-state index contributed by atoms with van der Waals surface area (Å²) < 4.78 is 2.66. The molecule has 3 aromatic rings. The first-order valence-corrected chi connectivity index (χ1v) is 7.08. The number of nitrogens with zero attached hydrogens (tertiary/aromatic N) is 4. The van der Waals surface area contributed by atoms with E-state index in [9.17, 15) is 0 Å². The smallest absolute Gasteiger partial charge is 0.243 e. The van der Waals surface area contributed by atoms with Gasteiger partial charge in [-0.2, -0.15) is 4.98 Å². The van der Waals surface area contributed by atoms with Gasteiger partial charge < -0.3 is 5.32 Å². The van der Waals surface area contributed by atoms with Crippen LogP contribution in [-0.2, 0) is 0 Å². The molecule has 1 atom stereocenters. The number of hydrogen-bond acceptors (Lipinski definition) is 5. The van der Waals surface area contributed by atoms with Crippen LogP contribution in [0.1, 0.15) is 18.0 Å². The fourth-order valence-electron chi connectivity index (χ4n) is 1.64. The maximum atomic E-state index is 4.43. The van der Waals surface area contributed by atoms with Crippen molar-refractivity contribution >= 4 is 38.9 Å². The maximum absolute atomic E-state index is 4.43. The molecule has 0 saturated carbocycles. The van der Waals surface area contributed by atoms with Crippen LogP contribution in [0.3, 0.4) is 0 Å². The Morgan fingerprint density at radius 1 is 1.50 bits per heavy atom. The molecule has 0 aliphatic heterocycles. The number of halogens is 1. The molecule has 0 fully saturated rings. The van der Waals surface area contributed by atoms with E-state index >= 15 is 0 Å². The Morgan fingerprint density at radius 2 is 2.39 bits per heavy atom. The van der Waals surface area contributed by atoms with Crippen molar-refractivity contribution in [2.75, 3.05) is 5.32 Å². The normalized spacial score (nSPS) is 12.8. The van der Waals surface area contributed by atoms with Crippen LogP contribution >= 0.6 is 27.3 Å². The zero-order valence-electron chi connectivity index (χ0n) is 9.54. The maximum Gasteiger partial charge on any atom is 0.243 e. The van der Waals surface area contributed by atoms with Gasteiger partial charge in [-0.3, -0.25) is 0 Å². The first-order valence-electron chi connectivity index (χ1n) is 5.41. The molecule has 3 aromatic heterocycles. The Kier molecular flexibility index (Phi) is 3.00. The Labute approximate surface area is 116 Å². The van der Waals surface area contributed by atoms with Gasteiger partial charge in [0.25, 0.3) is 0 Å². The van der Waals surface area contributed by atoms with Gasteiger partial charge in [-0.05, 0) is 35.0 Å². The van der Waals surface area contributed by atoms with Crippen molar-refractivity contribution in [2.45, 2.75) is 13.0 Å². The predicted molar refractivity (Wildman–Crippen MR) is 74.8 cm³/mol. The molecule has 0 aliphatic rings. The zero-order chi connectivity index (χ0) is 12.5. The van der Waals surface area contributed by atoms with Gasteiger partial charge in [0.15, 0.2) is 5.65 Å². The summed E-state index contributed by atoms with van der Waals surface area (Å²) in [4.78, 5) is 8.70. The SMILES string of the molecule is CC(Nc1nc2c(Br)cccn2n1)c1nccs1. The number of nitrogens with one attached hydrogen (secondary N) is 1. The van der Waals surface area contributed by atoms with Crippen LogP contribution in [0.25, 0.3) is 5.65 Å². The molecule has 0 aromatic carbocycles. The lowest BCUT2D eigenvalue weighted by atomic mass is 10.4. The number of thiazole rings is 1. The summed E-state index contributed by atoms with van der Waals surface area (Å²) in [5.41, 5.74) is 0.798. The molecule has 0 saturated heterocycles. The van der Waals surface area contributed by atoms with E-state index in [0.29, 0.717) is 5.95 Å². The van der Waals surface area contributed by atoms with Crippen molar-refractivity contribution in [1.29, 1.82) is 0 Å². The highest BCUT2D eigenvalue weighted by atomic mass is 79.9. The summed E-state index contributed by atoms with van der Waals surface area (Å²) in [6.07, 6.45) is 3.66. The molecular weight excluding hydrogens is 314 g/mol. The van der Waals surface area contributed by atoms with Crippen LogP contribution in [0.5, 0.6) is 0 Å². The Hall–Kier alpha value is -1.47. The number of pyridine rings is 1. The largest absolute Gasteiger partial charge is 0.344 e. The first kappa shape index (κ1) is 11.6. The van der Waals surface area contributed by atoms with Gasteiger partial charge in [-0.25, -0.2) is 9.50 Å². The third-order valence-corrected chi connectivity index (χ3v) is 4.06. The monoisotopic (exact) mass is 323 g/mol. The van der Waals surface area contributed by atoms with E-state index < -0.39 is 0 Å². The standard InChI is InChI=1S/C11H10BrN5S/c1-7(10-13-4-6-18-10)14-11-15-9-8(12)3-2-5-17(9)16-11/h2-7H,1H3,(H,14,16). The van der Waals surface area contributed by atoms with Crippen LogP contribution in [0.4, 0.5) is 5.95 Å². The topological polar surface area (TPSA) is 55.1 Å². The average molecular weight is 324 g/mol. The second-order valence-corrected chi connectivity index (χ2v) is 5.58. The predicted octanol–water partition coefficient (Wildman–Crippen LogP) is 3.12. The van der Waals surface area contributed by atoms with Crippen LogP contribution in [0.2, 0.25) is 0 Å². The van der Waals surface area contributed by atoms with Crippen LogP contribution in [0, 0.1) is 0 Å². The molecule has 18 heavy (non-hydrogen) atoms. The molecule has 1 unspecified atom stereocenters. The molecule has 3 heterocycles. The minimum absolute atomic E-state index is 0.0983. The van der Waals surface area contributed by atoms with Crippen molar-refractivity contribution in [1.82, 2.24) is 19.6 Å². The van der Waals surface area contributed by atoms with Crippen LogP contribution < -0.4 is 5.32 Å². The lowest BCUT2D eigenvalue weighted by Crippen LogP contribution is -2.07. The lowest BCUT2D eigenvalue weighted by Gasteiger charge is -2.07. The molecule has 0 spiro atoms. The Bertz CT molecular complexity index is 663. The minimum atomic E-state index is 0.0983. The van der Waals surface area contributed by atoms with Crippen LogP contribution in [0.15, 0.2) is 34.4 Å².